The molecule has 0 aromatic carbocycles. The van der Waals surface area contributed by atoms with Crippen LogP contribution >= 0.6 is 0 Å². The molecule has 0 aromatic heterocycles. The van der Waals surface area contributed by atoms with Crippen LogP contribution in [0.15, 0.2) is 12.2 Å². The quantitative estimate of drug-likeness (QED) is 0.345. The topological polar surface area (TPSA) is 38.8 Å². The van der Waals surface area contributed by atoms with Gasteiger partial charge in [0.15, 0.2) is 0 Å². The number of carbonyl (C=O) groups is 1. The van der Waals surface area contributed by atoms with Gasteiger partial charge >= 0.3 is 0 Å². The van der Waals surface area contributed by atoms with Gasteiger partial charge in [-0.3, -0.25) is 9.69 Å². The Hall–Kier alpha value is -0.870. The van der Waals surface area contributed by atoms with Gasteiger partial charge in [0.1, 0.15) is 13.5 Å². The molecule has 0 N–H and O–H groups in total. The first-order valence-electron chi connectivity index (χ1n) is 5.65. The maximum Gasteiger partial charge on any atom is 0.252 e. The number of unbranched alkanes of at least 4 members (excludes halogenated alkanes) is 2. The lowest BCUT2D eigenvalue weighted by Crippen LogP contribution is -2.35. The molecule has 0 radical (unpaired) electrons. The Morgan fingerprint density at radius 1 is 1.31 bits per heavy atom. The highest BCUT2D eigenvalue weighted by atomic mass is 16.5. The van der Waals surface area contributed by atoms with Gasteiger partial charge in [-0.05, 0) is 13.3 Å². The van der Waals surface area contributed by atoms with Crippen LogP contribution in [-0.2, 0) is 14.3 Å². The number of carbonyl (C=O) groups excluding carboxylic acids is 1. The average molecular weight is 229 g/mol. The molecule has 16 heavy (non-hydrogen) atoms. The summed E-state index contributed by atoms with van der Waals surface area (Å²) in [5.41, 5.74) is 0.495. The number of nitrogens with zero attached hydrogens (tertiary/aromatic N) is 1. The monoisotopic (exact) mass is 229 g/mol. The van der Waals surface area contributed by atoms with Crippen molar-refractivity contribution in [1.29, 1.82) is 0 Å². The number of hydrogen-bond acceptors (Lipinski definition) is 3. The Morgan fingerprint density at radius 2 is 2.00 bits per heavy atom. The highest BCUT2D eigenvalue weighted by Crippen LogP contribution is 2.01. The molecule has 4 heteroatoms. The minimum absolute atomic E-state index is 0.127. The van der Waals surface area contributed by atoms with Crippen LogP contribution in [0.4, 0.5) is 0 Å². The van der Waals surface area contributed by atoms with Crippen molar-refractivity contribution in [2.45, 2.75) is 33.1 Å². The van der Waals surface area contributed by atoms with E-state index in [9.17, 15) is 4.79 Å². The van der Waals surface area contributed by atoms with Crippen molar-refractivity contribution < 1.29 is 14.3 Å². The molecule has 0 aliphatic rings. The second kappa shape index (κ2) is 9.36. The van der Waals surface area contributed by atoms with E-state index in [-0.39, 0.29) is 19.4 Å². The van der Waals surface area contributed by atoms with E-state index in [1.807, 2.05) is 0 Å². The van der Waals surface area contributed by atoms with E-state index in [2.05, 4.69) is 13.5 Å². The fourth-order valence-corrected chi connectivity index (χ4v) is 1.21. The second-order valence-corrected chi connectivity index (χ2v) is 3.79. The van der Waals surface area contributed by atoms with E-state index in [0.29, 0.717) is 12.2 Å². The molecular formula is C12H23NO3. The Morgan fingerprint density at radius 3 is 2.50 bits per heavy atom. The Bertz CT molecular complexity index is 216. The molecule has 0 atom stereocenters. The first-order valence-corrected chi connectivity index (χ1v) is 5.65. The molecule has 0 aliphatic heterocycles. The second-order valence-electron chi connectivity index (χ2n) is 3.79. The molecule has 0 spiro atoms. The van der Waals surface area contributed by atoms with Gasteiger partial charge in [-0.2, -0.15) is 0 Å². The smallest absolute Gasteiger partial charge is 0.252 e. The normalized spacial score (nSPS) is 10.2. The van der Waals surface area contributed by atoms with Gasteiger partial charge < -0.3 is 9.47 Å². The van der Waals surface area contributed by atoms with Crippen molar-refractivity contribution in [1.82, 2.24) is 4.90 Å². The van der Waals surface area contributed by atoms with E-state index >= 15 is 0 Å². The lowest BCUT2D eigenvalue weighted by molar-refractivity contribution is -0.139. The molecule has 0 aromatic rings. The number of ether oxygens (including phenoxy) is 2. The molecular weight excluding hydrogens is 206 g/mol. The molecule has 0 rings (SSSR count). The largest absolute Gasteiger partial charge is 0.364 e. The van der Waals surface area contributed by atoms with Crippen molar-refractivity contribution >= 4 is 5.91 Å². The van der Waals surface area contributed by atoms with Crippen LogP contribution in [-0.4, -0.2) is 38.0 Å². The molecule has 1 amide bonds. The van der Waals surface area contributed by atoms with Crippen molar-refractivity contribution in [3.05, 3.63) is 12.2 Å². The van der Waals surface area contributed by atoms with E-state index in [0.717, 1.165) is 19.3 Å². The summed E-state index contributed by atoms with van der Waals surface area (Å²) >= 11 is 0. The summed E-state index contributed by atoms with van der Waals surface area (Å²) in [5.74, 6) is -0.127. The number of hydrogen-bond donors (Lipinski definition) is 0. The van der Waals surface area contributed by atoms with Crippen LogP contribution < -0.4 is 0 Å². The van der Waals surface area contributed by atoms with Crippen LogP contribution in [0.1, 0.15) is 33.1 Å². The molecule has 94 valence electrons. The van der Waals surface area contributed by atoms with Gasteiger partial charge in [-0.1, -0.05) is 26.3 Å². The van der Waals surface area contributed by atoms with Crippen LogP contribution in [0.2, 0.25) is 0 Å². The maximum atomic E-state index is 11.6. The minimum Gasteiger partial charge on any atom is -0.364 e. The van der Waals surface area contributed by atoms with Gasteiger partial charge in [0.05, 0.1) is 0 Å². The van der Waals surface area contributed by atoms with Crippen molar-refractivity contribution in [2.24, 2.45) is 0 Å². The molecule has 0 unspecified atom stereocenters. The Kier molecular flexibility index (Phi) is 8.85. The van der Waals surface area contributed by atoms with Crippen molar-refractivity contribution in [2.75, 3.05) is 27.2 Å². The molecule has 0 aliphatic carbocycles. The van der Waals surface area contributed by atoms with Crippen LogP contribution in [0.5, 0.6) is 0 Å². The predicted octanol–water partition coefficient (Wildman–Crippen LogP) is 2.16. The summed E-state index contributed by atoms with van der Waals surface area (Å²) in [7, 11) is 1.55. The van der Waals surface area contributed by atoms with Gasteiger partial charge in [0.2, 0.25) is 0 Å². The summed E-state index contributed by atoms with van der Waals surface area (Å²) in [4.78, 5) is 13.1. The number of amides is 1. The molecule has 0 heterocycles. The zero-order valence-electron chi connectivity index (χ0n) is 10.6. The summed E-state index contributed by atoms with van der Waals surface area (Å²) < 4.78 is 10.3. The van der Waals surface area contributed by atoms with Crippen LogP contribution in [0.25, 0.3) is 0 Å². The molecule has 0 bridgehead atoms. The average Bonchev–Trinajstić information content (AvgIpc) is 2.26. The maximum absolute atomic E-state index is 11.6. The fourth-order valence-electron chi connectivity index (χ4n) is 1.21. The third-order valence-electron chi connectivity index (χ3n) is 2.08. The first-order chi connectivity index (χ1) is 7.63. The Balaban J connectivity index is 3.85. The highest BCUT2D eigenvalue weighted by molar-refractivity contribution is 5.91. The molecule has 4 nitrogen and oxygen atoms in total. The summed E-state index contributed by atoms with van der Waals surface area (Å²) in [6.07, 6.45) is 3.34. The lowest BCUT2D eigenvalue weighted by atomic mass is 10.3. The van der Waals surface area contributed by atoms with Gasteiger partial charge in [0.25, 0.3) is 5.91 Å². The zero-order valence-corrected chi connectivity index (χ0v) is 10.6. The van der Waals surface area contributed by atoms with E-state index < -0.39 is 0 Å². The van der Waals surface area contributed by atoms with Crippen LogP contribution in [0, 0.1) is 0 Å². The SMILES string of the molecule is C=C(C)C(=O)N(COC)COCCCCC. The minimum atomic E-state index is -0.127. The Labute approximate surface area is 98.2 Å². The molecule has 0 saturated carbocycles. The summed E-state index contributed by atoms with van der Waals surface area (Å²) in [6, 6.07) is 0. The van der Waals surface area contributed by atoms with E-state index in [1.54, 1.807) is 14.0 Å². The number of rotatable bonds is 9. The van der Waals surface area contributed by atoms with Gasteiger partial charge in [0, 0.05) is 19.3 Å². The predicted molar refractivity (Wildman–Crippen MR) is 63.9 cm³/mol. The first kappa shape index (κ1) is 15.1. The third-order valence-corrected chi connectivity index (χ3v) is 2.08. The van der Waals surface area contributed by atoms with Crippen molar-refractivity contribution in [3.8, 4) is 0 Å². The number of methoxy groups -OCH3 is 1. The highest BCUT2D eigenvalue weighted by Gasteiger charge is 2.13. The van der Waals surface area contributed by atoms with Crippen molar-refractivity contribution in [3.63, 3.8) is 0 Å². The summed E-state index contributed by atoms with van der Waals surface area (Å²) in [5, 5.41) is 0. The zero-order chi connectivity index (χ0) is 12.4. The van der Waals surface area contributed by atoms with Crippen LogP contribution in [0.3, 0.4) is 0 Å². The lowest BCUT2D eigenvalue weighted by Gasteiger charge is -2.21. The molecule has 0 saturated heterocycles. The summed E-state index contributed by atoms with van der Waals surface area (Å²) in [6.45, 7) is 8.62. The third kappa shape index (κ3) is 6.58. The standard InChI is InChI=1S/C12H23NO3/c1-5-6-7-8-16-10-13(9-15-4)12(14)11(2)3/h2,5-10H2,1,3-4H3. The fraction of sp³-hybridized carbons (Fsp3) is 0.750. The van der Waals surface area contributed by atoms with E-state index in [1.165, 1.54) is 4.90 Å². The van der Waals surface area contributed by atoms with Gasteiger partial charge in [-0.15, -0.1) is 0 Å². The van der Waals surface area contributed by atoms with Gasteiger partial charge in [-0.25, -0.2) is 0 Å². The van der Waals surface area contributed by atoms with E-state index in [4.69, 9.17) is 9.47 Å². The molecule has 0 fully saturated rings.